The Kier molecular flexibility index (Phi) is 5.34. The molecular weight excluding hydrogens is 230 g/mol. The Morgan fingerprint density at radius 1 is 1.50 bits per heavy atom. The van der Waals surface area contributed by atoms with E-state index in [2.05, 4.69) is 10.4 Å². The SMILES string of the molecule is CC[C@H](C)[C@H](CO)NC(=O)c1cnn(C(C)C)c1. The Morgan fingerprint density at radius 2 is 2.17 bits per heavy atom. The summed E-state index contributed by atoms with van der Waals surface area (Å²) in [6.45, 7) is 8.02. The maximum atomic E-state index is 12.0. The van der Waals surface area contributed by atoms with Gasteiger partial charge in [0.25, 0.3) is 5.91 Å². The van der Waals surface area contributed by atoms with Gasteiger partial charge in [0.2, 0.25) is 0 Å². The normalized spacial score (nSPS) is 14.6. The molecule has 0 spiro atoms. The van der Waals surface area contributed by atoms with Crippen LogP contribution in [0.1, 0.15) is 50.5 Å². The van der Waals surface area contributed by atoms with Crippen molar-refractivity contribution in [1.82, 2.24) is 15.1 Å². The maximum absolute atomic E-state index is 12.0. The molecule has 2 N–H and O–H groups in total. The number of carbonyl (C=O) groups excluding carboxylic acids is 1. The molecule has 0 saturated carbocycles. The van der Waals surface area contributed by atoms with E-state index in [1.54, 1.807) is 17.1 Å². The molecule has 1 amide bonds. The third-order valence-electron chi connectivity index (χ3n) is 3.24. The number of aliphatic hydroxyl groups excluding tert-OH is 1. The highest BCUT2D eigenvalue weighted by atomic mass is 16.3. The average molecular weight is 253 g/mol. The fourth-order valence-electron chi connectivity index (χ4n) is 1.64. The molecule has 5 heteroatoms. The molecule has 0 aromatic carbocycles. The van der Waals surface area contributed by atoms with Crippen LogP contribution < -0.4 is 5.32 Å². The van der Waals surface area contributed by atoms with E-state index in [-0.39, 0.29) is 30.5 Å². The number of aliphatic hydroxyl groups is 1. The highest BCUT2D eigenvalue weighted by molar-refractivity contribution is 5.93. The van der Waals surface area contributed by atoms with Crippen molar-refractivity contribution in [2.24, 2.45) is 5.92 Å². The van der Waals surface area contributed by atoms with E-state index in [1.165, 1.54) is 0 Å². The van der Waals surface area contributed by atoms with Gasteiger partial charge in [-0.3, -0.25) is 9.48 Å². The molecule has 0 aliphatic rings. The van der Waals surface area contributed by atoms with Crippen molar-refractivity contribution >= 4 is 5.91 Å². The summed E-state index contributed by atoms with van der Waals surface area (Å²) in [5, 5.41) is 16.3. The number of nitrogens with zero attached hydrogens (tertiary/aromatic N) is 2. The fourth-order valence-corrected chi connectivity index (χ4v) is 1.64. The van der Waals surface area contributed by atoms with Gasteiger partial charge in [0.15, 0.2) is 0 Å². The second-order valence-electron chi connectivity index (χ2n) is 4.95. The monoisotopic (exact) mass is 253 g/mol. The second-order valence-corrected chi connectivity index (χ2v) is 4.95. The second kappa shape index (κ2) is 6.54. The predicted octanol–water partition coefficient (Wildman–Crippen LogP) is 1.60. The van der Waals surface area contributed by atoms with E-state index in [4.69, 9.17) is 0 Å². The van der Waals surface area contributed by atoms with Gasteiger partial charge in [-0.15, -0.1) is 0 Å². The van der Waals surface area contributed by atoms with E-state index < -0.39 is 0 Å². The van der Waals surface area contributed by atoms with Crippen LogP contribution in [0, 0.1) is 5.92 Å². The van der Waals surface area contributed by atoms with Crippen molar-refractivity contribution in [2.45, 2.75) is 46.2 Å². The van der Waals surface area contributed by atoms with Crippen LogP contribution in [0.2, 0.25) is 0 Å². The van der Waals surface area contributed by atoms with Crippen molar-refractivity contribution in [3.05, 3.63) is 18.0 Å². The smallest absolute Gasteiger partial charge is 0.254 e. The molecule has 0 unspecified atom stereocenters. The molecule has 0 radical (unpaired) electrons. The first-order valence-electron chi connectivity index (χ1n) is 6.45. The molecule has 1 aromatic rings. The third-order valence-corrected chi connectivity index (χ3v) is 3.24. The summed E-state index contributed by atoms with van der Waals surface area (Å²) < 4.78 is 1.74. The summed E-state index contributed by atoms with van der Waals surface area (Å²) in [5.74, 6) is 0.0698. The Balaban J connectivity index is 2.68. The van der Waals surface area contributed by atoms with E-state index >= 15 is 0 Å². The largest absolute Gasteiger partial charge is 0.394 e. The van der Waals surface area contributed by atoms with Gasteiger partial charge in [0.05, 0.1) is 24.4 Å². The van der Waals surface area contributed by atoms with E-state index in [9.17, 15) is 9.90 Å². The molecule has 18 heavy (non-hydrogen) atoms. The van der Waals surface area contributed by atoms with Crippen LogP contribution in [0.15, 0.2) is 12.4 Å². The zero-order valence-electron chi connectivity index (χ0n) is 11.6. The molecule has 0 saturated heterocycles. The lowest BCUT2D eigenvalue weighted by Crippen LogP contribution is -2.41. The number of hydrogen-bond donors (Lipinski definition) is 2. The van der Waals surface area contributed by atoms with Crippen molar-refractivity contribution < 1.29 is 9.90 Å². The van der Waals surface area contributed by atoms with Gasteiger partial charge in [-0.05, 0) is 19.8 Å². The van der Waals surface area contributed by atoms with Crippen molar-refractivity contribution in [3.8, 4) is 0 Å². The van der Waals surface area contributed by atoms with Crippen LogP contribution in [0.5, 0.6) is 0 Å². The Hall–Kier alpha value is -1.36. The number of rotatable bonds is 6. The van der Waals surface area contributed by atoms with Crippen LogP contribution in [0.3, 0.4) is 0 Å². The number of nitrogens with one attached hydrogen (secondary N) is 1. The molecule has 1 aromatic heterocycles. The lowest BCUT2D eigenvalue weighted by Gasteiger charge is -2.21. The lowest BCUT2D eigenvalue weighted by atomic mass is 10.00. The molecule has 2 atom stereocenters. The highest BCUT2D eigenvalue weighted by Crippen LogP contribution is 2.09. The summed E-state index contributed by atoms with van der Waals surface area (Å²) in [7, 11) is 0. The summed E-state index contributed by atoms with van der Waals surface area (Å²) >= 11 is 0. The maximum Gasteiger partial charge on any atom is 0.254 e. The molecule has 5 nitrogen and oxygen atoms in total. The predicted molar refractivity (Wildman–Crippen MR) is 70.4 cm³/mol. The quantitative estimate of drug-likeness (QED) is 0.809. The summed E-state index contributed by atoms with van der Waals surface area (Å²) in [4.78, 5) is 12.0. The van der Waals surface area contributed by atoms with Crippen molar-refractivity contribution in [2.75, 3.05) is 6.61 Å². The Morgan fingerprint density at radius 3 is 2.61 bits per heavy atom. The van der Waals surface area contributed by atoms with Gasteiger partial charge >= 0.3 is 0 Å². The standard InChI is InChI=1S/C13H23N3O2/c1-5-10(4)12(8-17)15-13(18)11-6-14-16(7-11)9(2)3/h6-7,9-10,12,17H,5,8H2,1-4H3,(H,15,18)/t10-,12-/m0/s1. The van der Waals surface area contributed by atoms with Crippen molar-refractivity contribution in [1.29, 1.82) is 0 Å². The topological polar surface area (TPSA) is 67.2 Å². The number of aromatic nitrogens is 2. The first kappa shape index (κ1) is 14.7. The van der Waals surface area contributed by atoms with Crippen LogP contribution in [0.25, 0.3) is 0 Å². The van der Waals surface area contributed by atoms with E-state index in [0.717, 1.165) is 6.42 Å². The van der Waals surface area contributed by atoms with Crippen LogP contribution in [0.4, 0.5) is 0 Å². The van der Waals surface area contributed by atoms with Crippen molar-refractivity contribution in [3.63, 3.8) is 0 Å². The molecular formula is C13H23N3O2. The minimum atomic E-state index is -0.204. The van der Waals surface area contributed by atoms with E-state index in [1.807, 2.05) is 27.7 Å². The Bertz CT molecular complexity index is 387. The number of carbonyl (C=O) groups is 1. The van der Waals surface area contributed by atoms with E-state index in [0.29, 0.717) is 5.56 Å². The molecule has 0 fully saturated rings. The molecule has 0 aliphatic carbocycles. The molecule has 1 rings (SSSR count). The van der Waals surface area contributed by atoms with Gasteiger partial charge in [-0.2, -0.15) is 5.10 Å². The van der Waals surface area contributed by atoms with Gasteiger partial charge in [0, 0.05) is 12.2 Å². The minimum absolute atomic E-state index is 0.0426. The van der Waals surface area contributed by atoms with Gasteiger partial charge in [-0.1, -0.05) is 20.3 Å². The number of hydrogen-bond acceptors (Lipinski definition) is 3. The van der Waals surface area contributed by atoms with Gasteiger partial charge in [0.1, 0.15) is 0 Å². The zero-order valence-corrected chi connectivity index (χ0v) is 11.6. The molecule has 102 valence electrons. The Labute approximate surface area is 108 Å². The molecule has 1 heterocycles. The fraction of sp³-hybridized carbons (Fsp3) is 0.692. The van der Waals surface area contributed by atoms with Gasteiger partial charge in [-0.25, -0.2) is 0 Å². The van der Waals surface area contributed by atoms with Crippen LogP contribution in [-0.4, -0.2) is 33.4 Å². The zero-order chi connectivity index (χ0) is 13.7. The molecule has 0 bridgehead atoms. The highest BCUT2D eigenvalue weighted by Gasteiger charge is 2.19. The molecule has 0 aliphatic heterocycles. The summed E-state index contributed by atoms with van der Waals surface area (Å²) in [6.07, 6.45) is 4.20. The minimum Gasteiger partial charge on any atom is -0.394 e. The lowest BCUT2D eigenvalue weighted by molar-refractivity contribution is 0.0891. The van der Waals surface area contributed by atoms with Crippen LogP contribution in [-0.2, 0) is 0 Å². The summed E-state index contributed by atoms with van der Waals surface area (Å²) in [6, 6.07) is 0.0275. The number of amides is 1. The first-order valence-corrected chi connectivity index (χ1v) is 6.45. The van der Waals surface area contributed by atoms with Crippen LogP contribution >= 0.6 is 0 Å². The van der Waals surface area contributed by atoms with Gasteiger partial charge < -0.3 is 10.4 Å². The average Bonchev–Trinajstić information content (AvgIpc) is 2.84. The first-order chi connectivity index (χ1) is 8.49. The third kappa shape index (κ3) is 3.57. The summed E-state index contributed by atoms with van der Waals surface area (Å²) in [5.41, 5.74) is 0.533.